The molecule has 3 heterocycles. The number of nitrogens with one attached hydrogen (secondary N) is 3. The van der Waals surface area contributed by atoms with Crippen LogP contribution in [0.5, 0.6) is 0 Å². The molecule has 3 aromatic rings. The number of amides is 1. The summed E-state index contributed by atoms with van der Waals surface area (Å²) in [5.74, 6) is 3.17. The monoisotopic (exact) mass is 533 g/mol. The Kier molecular flexibility index (Phi) is 6.55. The first-order valence-electron chi connectivity index (χ1n) is 14.4. The molecule has 0 aliphatic heterocycles. The standard InChI is InChI=1S/C28H39N9O2/c1-16-7-9-18(10-8-16)14-37-21-23(31-17(2)19-5-4-6-19)33-25(22(29)32-27(38)39)34-24(21)35-26(37)28(11-12-28)20-13-30-36(3)15-20/h13,15-19H,4-12,14H2,1-3H3,(H2,29,32)(H,38,39)(H,31,33,34)/t16-,17-,18-/m1/s1. The van der Waals surface area contributed by atoms with E-state index in [1.54, 1.807) is 0 Å². The number of hydrogen-bond donors (Lipinski definition) is 4. The van der Waals surface area contributed by atoms with Gasteiger partial charge in [-0.1, -0.05) is 26.2 Å². The first-order valence-corrected chi connectivity index (χ1v) is 14.4. The first-order chi connectivity index (χ1) is 18.7. The van der Waals surface area contributed by atoms with Gasteiger partial charge in [0.1, 0.15) is 11.3 Å². The summed E-state index contributed by atoms with van der Waals surface area (Å²) >= 11 is 0. The van der Waals surface area contributed by atoms with Crippen molar-refractivity contribution in [2.75, 3.05) is 5.32 Å². The topological polar surface area (TPSA) is 147 Å². The summed E-state index contributed by atoms with van der Waals surface area (Å²) in [6.07, 6.45) is 13.1. The number of fused-ring (bicyclic) bond motifs is 1. The van der Waals surface area contributed by atoms with Gasteiger partial charge in [0.15, 0.2) is 23.1 Å². The van der Waals surface area contributed by atoms with Crippen LogP contribution in [0, 0.1) is 23.2 Å². The van der Waals surface area contributed by atoms with Gasteiger partial charge in [-0.05, 0) is 63.2 Å². The van der Waals surface area contributed by atoms with Crippen LogP contribution in [0.25, 0.3) is 11.2 Å². The van der Waals surface area contributed by atoms with Crippen molar-refractivity contribution in [2.24, 2.45) is 24.8 Å². The average molecular weight is 534 g/mol. The largest absolute Gasteiger partial charge is 0.465 e. The normalized spacial score (nSPS) is 23.3. The third-order valence-electron chi connectivity index (χ3n) is 9.29. The zero-order valence-corrected chi connectivity index (χ0v) is 23.1. The molecule has 11 heteroatoms. The van der Waals surface area contributed by atoms with E-state index in [9.17, 15) is 9.90 Å². The van der Waals surface area contributed by atoms with Crippen molar-refractivity contribution >= 4 is 28.9 Å². The summed E-state index contributed by atoms with van der Waals surface area (Å²) in [7, 11) is 1.94. The van der Waals surface area contributed by atoms with Crippen LogP contribution in [0.2, 0.25) is 0 Å². The lowest BCUT2D eigenvalue weighted by molar-refractivity contribution is 0.200. The van der Waals surface area contributed by atoms with E-state index >= 15 is 0 Å². The molecule has 0 bridgehead atoms. The van der Waals surface area contributed by atoms with Crippen LogP contribution in [0.15, 0.2) is 12.4 Å². The van der Waals surface area contributed by atoms with Gasteiger partial charge in [0.05, 0.1) is 11.6 Å². The van der Waals surface area contributed by atoms with Crippen LogP contribution >= 0.6 is 0 Å². The zero-order chi connectivity index (χ0) is 27.3. The SMILES string of the molecule is C[C@@H](Nc1nc(C(=N)NC(=O)O)nc2nc(C3(c4cnn(C)c4)CC3)n(C[C@H]3CC[C@H](C)CC3)c12)C1CCC1. The highest BCUT2D eigenvalue weighted by atomic mass is 16.4. The molecule has 4 N–H and O–H groups in total. The Labute approximate surface area is 228 Å². The van der Waals surface area contributed by atoms with E-state index in [2.05, 4.69) is 45.3 Å². The smallest absolute Gasteiger partial charge is 0.410 e. The van der Waals surface area contributed by atoms with E-state index in [0.717, 1.165) is 42.2 Å². The first kappa shape index (κ1) is 25.8. The molecule has 0 spiro atoms. The fourth-order valence-electron chi connectivity index (χ4n) is 6.43. The lowest BCUT2D eigenvalue weighted by Gasteiger charge is -2.32. The minimum absolute atomic E-state index is 0.0297. The van der Waals surface area contributed by atoms with Gasteiger partial charge in [0, 0.05) is 31.4 Å². The maximum absolute atomic E-state index is 11.3. The Hall–Kier alpha value is -3.50. The summed E-state index contributed by atoms with van der Waals surface area (Å²) in [5, 5.41) is 27.8. The van der Waals surface area contributed by atoms with Gasteiger partial charge in [0.2, 0.25) is 0 Å². The van der Waals surface area contributed by atoms with E-state index in [1.807, 2.05) is 17.9 Å². The number of hydrogen-bond acceptors (Lipinski definition) is 7. The summed E-state index contributed by atoms with van der Waals surface area (Å²) in [4.78, 5) is 25.8. The number of amidine groups is 1. The summed E-state index contributed by atoms with van der Waals surface area (Å²) in [6, 6.07) is 0.196. The molecule has 208 valence electrons. The molecular formula is C28H39N9O2. The second-order valence-corrected chi connectivity index (χ2v) is 12.2. The van der Waals surface area contributed by atoms with E-state index in [0.29, 0.717) is 23.3 Å². The molecule has 3 saturated carbocycles. The molecule has 3 aromatic heterocycles. The van der Waals surface area contributed by atoms with Gasteiger partial charge in [-0.3, -0.25) is 15.4 Å². The molecule has 0 saturated heterocycles. The molecule has 3 fully saturated rings. The van der Waals surface area contributed by atoms with Crippen LogP contribution in [-0.2, 0) is 19.0 Å². The maximum Gasteiger partial charge on any atom is 0.410 e. The number of aromatic nitrogens is 6. The summed E-state index contributed by atoms with van der Waals surface area (Å²) in [5.41, 5.74) is 2.30. The van der Waals surface area contributed by atoms with Crippen molar-refractivity contribution < 1.29 is 9.90 Å². The Morgan fingerprint density at radius 1 is 1.18 bits per heavy atom. The van der Waals surface area contributed by atoms with Crippen molar-refractivity contribution in [3.05, 3.63) is 29.6 Å². The summed E-state index contributed by atoms with van der Waals surface area (Å²) in [6.45, 7) is 5.37. The molecule has 1 amide bonds. The molecule has 39 heavy (non-hydrogen) atoms. The van der Waals surface area contributed by atoms with Gasteiger partial charge < -0.3 is 15.0 Å². The second-order valence-electron chi connectivity index (χ2n) is 12.2. The van der Waals surface area contributed by atoms with E-state index in [4.69, 9.17) is 15.4 Å². The predicted octanol–water partition coefficient (Wildman–Crippen LogP) is 4.66. The van der Waals surface area contributed by atoms with Crippen LogP contribution in [0.4, 0.5) is 10.6 Å². The molecule has 11 nitrogen and oxygen atoms in total. The number of rotatable bonds is 8. The zero-order valence-electron chi connectivity index (χ0n) is 23.1. The number of carboxylic acid groups (broad SMARTS) is 1. The number of imidazole rings is 1. The summed E-state index contributed by atoms with van der Waals surface area (Å²) < 4.78 is 4.19. The Morgan fingerprint density at radius 2 is 1.92 bits per heavy atom. The van der Waals surface area contributed by atoms with Crippen LogP contribution in [0.1, 0.15) is 88.8 Å². The lowest BCUT2D eigenvalue weighted by Crippen LogP contribution is -2.33. The van der Waals surface area contributed by atoms with Crippen molar-refractivity contribution in [3.8, 4) is 0 Å². The highest BCUT2D eigenvalue weighted by Gasteiger charge is 2.51. The van der Waals surface area contributed by atoms with Gasteiger partial charge in [-0.25, -0.2) is 19.7 Å². The number of aryl methyl sites for hydroxylation is 1. The van der Waals surface area contributed by atoms with Gasteiger partial charge in [0.25, 0.3) is 0 Å². The number of nitrogens with zero attached hydrogens (tertiary/aromatic N) is 6. The molecule has 3 aliphatic rings. The van der Waals surface area contributed by atoms with Crippen LogP contribution < -0.4 is 10.6 Å². The van der Waals surface area contributed by atoms with Crippen molar-refractivity contribution in [1.29, 1.82) is 5.41 Å². The third-order valence-corrected chi connectivity index (χ3v) is 9.29. The van der Waals surface area contributed by atoms with Gasteiger partial charge in [-0.2, -0.15) is 5.10 Å². The lowest BCUT2D eigenvalue weighted by atomic mass is 9.80. The van der Waals surface area contributed by atoms with E-state index in [1.165, 1.54) is 44.9 Å². The van der Waals surface area contributed by atoms with Crippen molar-refractivity contribution in [3.63, 3.8) is 0 Å². The van der Waals surface area contributed by atoms with Crippen molar-refractivity contribution in [1.82, 2.24) is 34.6 Å². The predicted molar refractivity (Wildman–Crippen MR) is 148 cm³/mol. The van der Waals surface area contributed by atoms with Crippen LogP contribution in [-0.4, -0.2) is 52.4 Å². The molecule has 6 rings (SSSR count). The third kappa shape index (κ3) is 4.87. The molecule has 0 aromatic carbocycles. The number of carbonyl (C=O) groups is 1. The Balaban J connectivity index is 1.50. The highest BCUT2D eigenvalue weighted by molar-refractivity contribution is 6.03. The number of anilines is 1. The van der Waals surface area contributed by atoms with E-state index < -0.39 is 6.09 Å². The Bertz CT molecular complexity index is 1390. The molecule has 0 radical (unpaired) electrons. The molecule has 0 unspecified atom stereocenters. The minimum atomic E-state index is -1.31. The highest BCUT2D eigenvalue weighted by Crippen LogP contribution is 2.54. The molecular weight excluding hydrogens is 494 g/mol. The van der Waals surface area contributed by atoms with E-state index in [-0.39, 0.29) is 23.1 Å². The second kappa shape index (κ2) is 9.91. The Morgan fingerprint density at radius 3 is 2.51 bits per heavy atom. The quantitative estimate of drug-likeness (QED) is 0.243. The average Bonchev–Trinajstić information content (AvgIpc) is 3.40. The van der Waals surface area contributed by atoms with Crippen molar-refractivity contribution in [2.45, 2.75) is 89.6 Å². The van der Waals surface area contributed by atoms with Gasteiger partial charge in [-0.15, -0.1) is 0 Å². The molecule has 1 atom stereocenters. The fourth-order valence-corrected chi connectivity index (χ4v) is 6.43. The van der Waals surface area contributed by atoms with Crippen LogP contribution in [0.3, 0.4) is 0 Å². The minimum Gasteiger partial charge on any atom is -0.465 e. The molecule has 3 aliphatic carbocycles. The van der Waals surface area contributed by atoms with Gasteiger partial charge >= 0.3 is 6.09 Å². The maximum atomic E-state index is 11.3. The fraction of sp³-hybridized carbons (Fsp3) is 0.643.